The van der Waals surface area contributed by atoms with Gasteiger partial charge in [-0.15, -0.1) is 0 Å². The minimum atomic E-state index is 0.428. The molecule has 3 nitrogen and oxygen atoms in total. The van der Waals surface area contributed by atoms with E-state index >= 15 is 0 Å². The van der Waals surface area contributed by atoms with Crippen LogP contribution in [0.25, 0.3) is 0 Å². The Labute approximate surface area is 104 Å². The Morgan fingerprint density at radius 1 is 1.41 bits per heavy atom. The SMILES string of the molecule is CCNC(c1ccc(C)nc1)C1CCOCC1. The van der Waals surface area contributed by atoms with Gasteiger partial charge in [0.15, 0.2) is 0 Å². The molecule has 0 saturated carbocycles. The zero-order valence-corrected chi connectivity index (χ0v) is 10.8. The predicted octanol–water partition coefficient (Wildman–Crippen LogP) is 2.47. The van der Waals surface area contributed by atoms with Crippen LogP contribution in [-0.4, -0.2) is 24.7 Å². The summed E-state index contributed by atoms with van der Waals surface area (Å²) >= 11 is 0. The van der Waals surface area contributed by atoms with Gasteiger partial charge in [-0.2, -0.15) is 0 Å². The lowest BCUT2D eigenvalue weighted by Gasteiger charge is -2.31. The summed E-state index contributed by atoms with van der Waals surface area (Å²) in [5.74, 6) is 0.674. The number of ether oxygens (including phenoxy) is 1. The van der Waals surface area contributed by atoms with Gasteiger partial charge in [-0.1, -0.05) is 13.0 Å². The molecule has 0 radical (unpaired) electrons. The maximum atomic E-state index is 5.44. The molecule has 2 rings (SSSR count). The predicted molar refractivity (Wildman–Crippen MR) is 68.9 cm³/mol. The molecule has 1 atom stereocenters. The van der Waals surface area contributed by atoms with Gasteiger partial charge in [0.1, 0.15) is 0 Å². The van der Waals surface area contributed by atoms with Crippen LogP contribution in [-0.2, 0) is 4.74 Å². The summed E-state index contributed by atoms with van der Waals surface area (Å²) in [7, 11) is 0. The van der Waals surface area contributed by atoms with Crippen LogP contribution in [0.4, 0.5) is 0 Å². The molecule has 1 N–H and O–H groups in total. The van der Waals surface area contributed by atoms with E-state index in [0.717, 1.165) is 38.3 Å². The zero-order valence-electron chi connectivity index (χ0n) is 10.8. The first-order valence-corrected chi connectivity index (χ1v) is 6.55. The number of nitrogens with zero attached hydrogens (tertiary/aromatic N) is 1. The summed E-state index contributed by atoms with van der Waals surface area (Å²) in [5.41, 5.74) is 2.39. The lowest BCUT2D eigenvalue weighted by atomic mass is 9.87. The minimum absolute atomic E-state index is 0.428. The van der Waals surface area contributed by atoms with E-state index in [9.17, 15) is 0 Å². The number of hydrogen-bond donors (Lipinski definition) is 1. The molecule has 0 aliphatic carbocycles. The number of aryl methyl sites for hydroxylation is 1. The van der Waals surface area contributed by atoms with Crippen molar-refractivity contribution in [2.24, 2.45) is 5.92 Å². The second-order valence-corrected chi connectivity index (χ2v) is 4.72. The summed E-state index contributed by atoms with van der Waals surface area (Å²) in [6, 6.07) is 4.72. The quantitative estimate of drug-likeness (QED) is 0.869. The van der Waals surface area contributed by atoms with Gasteiger partial charge in [0.05, 0.1) is 0 Å². The van der Waals surface area contributed by atoms with E-state index in [-0.39, 0.29) is 0 Å². The van der Waals surface area contributed by atoms with Gasteiger partial charge in [0.2, 0.25) is 0 Å². The van der Waals surface area contributed by atoms with Crippen LogP contribution in [0.3, 0.4) is 0 Å². The monoisotopic (exact) mass is 234 g/mol. The Balaban J connectivity index is 2.12. The van der Waals surface area contributed by atoms with Crippen LogP contribution in [0.5, 0.6) is 0 Å². The number of aromatic nitrogens is 1. The summed E-state index contributed by atoms with van der Waals surface area (Å²) in [4.78, 5) is 4.41. The molecule has 1 aliphatic rings. The molecule has 1 unspecified atom stereocenters. The summed E-state index contributed by atoms with van der Waals surface area (Å²) in [5, 5.41) is 3.59. The summed E-state index contributed by atoms with van der Waals surface area (Å²) in [6.07, 6.45) is 4.30. The Kier molecular flexibility index (Phi) is 4.51. The lowest BCUT2D eigenvalue weighted by molar-refractivity contribution is 0.0538. The highest BCUT2D eigenvalue weighted by atomic mass is 16.5. The van der Waals surface area contributed by atoms with Crippen molar-refractivity contribution < 1.29 is 4.74 Å². The average molecular weight is 234 g/mol. The molecule has 17 heavy (non-hydrogen) atoms. The largest absolute Gasteiger partial charge is 0.381 e. The molecule has 1 aromatic rings. The van der Waals surface area contributed by atoms with E-state index in [1.165, 1.54) is 5.56 Å². The van der Waals surface area contributed by atoms with Crippen LogP contribution >= 0.6 is 0 Å². The molecule has 1 fully saturated rings. The van der Waals surface area contributed by atoms with Gasteiger partial charge in [-0.25, -0.2) is 0 Å². The van der Waals surface area contributed by atoms with Crippen LogP contribution in [0.1, 0.15) is 37.1 Å². The van der Waals surface area contributed by atoms with Gasteiger partial charge < -0.3 is 10.1 Å². The van der Waals surface area contributed by atoms with Crippen molar-refractivity contribution >= 4 is 0 Å². The van der Waals surface area contributed by atoms with Crippen molar-refractivity contribution in [2.45, 2.75) is 32.7 Å². The van der Waals surface area contributed by atoms with E-state index in [1.807, 2.05) is 13.1 Å². The molecule has 2 heterocycles. The van der Waals surface area contributed by atoms with Crippen LogP contribution in [0, 0.1) is 12.8 Å². The smallest absolute Gasteiger partial charge is 0.0469 e. The maximum absolute atomic E-state index is 5.44. The minimum Gasteiger partial charge on any atom is -0.381 e. The van der Waals surface area contributed by atoms with E-state index in [4.69, 9.17) is 4.74 Å². The summed E-state index contributed by atoms with van der Waals surface area (Å²) in [6.45, 7) is 6.97. The highest BCUT2D eigenvalue weighted by Crippen LogP contribution is 2.29. The first kappa shape index (κ1) is 12.5. The second kappa shape index (κ2) is 6.12. The first-order chi connectivity index (χ1) is 8.31. The topological polar surface area (TPSA) is 34.2 Å². The fourth-order valence-electron chi connectivity index (χ4n) is 2.49. The number of nitrogens with one attached hydrogen (secondary N) is 1. The molecular formula is C14H22N2O. The zero-order chi connectivity index (χ0) is 12.1. The van der Waals surface area contributed by atoms with E-state index in [2.05, 4.69) is 29.4 Å². The fraction of sp³-hybridized carbons (Fsp3) is 0.643. The van der Waals surface area contributed by atoms with Gasteiger partial charge in [-0.3, -0.25) is 4.98 Å². The number of rotatable bonds is 4. The molecular weight excluding hydrogens is 212 g/mol. The Hall–Kier alpha value is -0.930. The third-order valence-electron chi connectivity index (χ3n) is 3.45. The highest BCUT2D eigenvalue weighted by Gasteiger charge is 2.24. The van der Waals surface area contributed by atoms with Crippen LogP contribution < -0.4 is 5.32 Å². The number of hydrogen-bond acceptors (Lipinski definition) is 3. The van der Waals surface area contributed by atoms with Crippen molar-refractivity contribution in [3.63, 3.8) is 0 Å². The molecule has 1 aromatic heterocycles. The fourth-order valence-corrected chi connectivity index (χ4v) is 2.49. The molecule has 0 amide bonds. The van der Waals surface area contributed by atoms with Gasteiger partial charge >= 0.3 is 0 Å². The molecule has 0 spiro atoms. The van der Waals surface area contributed by atoms with Crippen LogP contribution in [0.15, 0.2) is 18.3 Å². The molecule has 3 heteroatoms. The Morgan fingerprint density at radius 2 is 2.18 bits per heavy atom. The van der Waals surface area contributed by atoms with Gasteiger partial charge in [0.25, 0.3) is 0 Å². The highest BCUT2D eigenvalue weighted by molar-refractivity contribution is 5.18. The average Bonchev–Trinajstić information content (AvgIpc) is 2.38. The second-order valence-electron chi connectivity index (χ2n) is 4.72. The number of pyridine rings is 1. The standard InChI is InChI=1S/C14H22N2O/c1-3-15-14(12-6-8-17-9-7-12)13-5-4-11(2)16-10-13/h4-5,10,12,14-15H,3,6-9H2,1-2H3. The maximum Gasteiger partial charge on any atom is 0.0469 e. The van der Waals surface area contributed by atoms with Crippen molar-refractivity contribution in [3.05, 3.63) is 29.6 Å². The molecule has 0 bridgehead atoms. The normalized spacial score (nSPS) is 19.2. The summed E-state index contributed by atoms with van der Waals surface area (Å²) < 4.78 is 5.44. The third-order valence-corrected chi connectivity index (χ3v) is 3.45. The third kappa shape index (κ3) is 3.27. The van der Waals surface area contributed by atoms with Gasteiger partial charge in [-0.05, 0) is 43.9 Å². The Bertz CT molecular complexity index is 331. The molecule has 94 valence electrons. The van der Waals surface area contributed by atoms with Crippen molar-refractivity contribution in [2.75, 3.05) is 19.8 Å². The van der Waals surface area contributed by atoms with Crippen LogP contribution in [0.2, 0.25) is 0 Å². The van der Waals surface area contributed by atoms with Gasteiger partial charge in [0, 0.05) is 31.1 Å². The van der Waals surface area contributed by atoms with Crippen molar-refractivity contribution in [1.29, 1.82) is 0 Å². The molecule has 1 saturated heterocycles. The first-order valence-electron chi connectivity index (χ1n) is 6.55. The van der Waals surface area contributed by atoms with E-state index in [1.54, 1.807) is 0 Å². The molecule has 1 aliphatic heterocycles. The lowest BCUT2D eigenvalue weighted by Crippen LogP contribution is -2.32. The Morgan fingerprint density at radius 3 is 2.76 bits per heavy atom. The van der Waals surface area contributed by atoms with E-state index < -0.39 is 0 Å². The van der Waals surface area contributed by atoms with E-state index in [0.29, 0.717) is 12.0 Å². The van der Waals surface area contributed by atoms with Crippen molar-refractivity contribution in [3.8, 4) is 0 Å². The van der Waals surface area contributed by atoms with Crippen molar-refractivity contribution in [1.82, 2.24) is 10.3 Å². The molecule has 0 aromatic carbocycles.